The number of benzene rings is 1. The Kier molecular flexibility index (Phi) is 4.65. The number of aromatic nitrogens is 2. The average Bonchev–Trinajstić information content (AvgIpc) is 2.89. The van der Waals surface area contributed by atoms with Crippen LogP contribution in [-0.4, -0.2) is 9.59 Å². The van der Waals surface area contributed by atoms with Gasteiger partial charge >= 0.3 is 0 Å². The van der Waals surface area contributed by atoms with Gasteiger partial charge in [-0.25, -0.2) is 8.78 Å². The van der Waals surface area contributed by atoms with Gasteiger partial charge in [0.15, 0.2) is 11.6 Å². The molecule has 114 valence electrons. The van der Waals surface area contributed by atoms with E-state index in [2.05, 4.69) is 15.0 Å². The quantitative estimate of drug-likeness (QED) is 0.673. The third-order valence-electron chi connectivity index (χ3n) is 3.17. The minimum atomic E-state index is -0.859. The minimum Gasteiger partial charge on any atom is -0.271 e. The molecule has 1 heterocycles. The highest BCUT2D eigenvalue weighted by atomic mass is 32.1. The molecule has 7 heteroatoms. The highest BCUT2D eigenvalue weighted by molar-refractivity contribution is 7.05. The van der Waals surface area contributed by atoms with Gasteiger partial charge in [-0.15, -0.1) is 5.10 Å². The molecule has 1 atom stereocenters. The predicted octanol–water partition coefficient (Wildman–Crippen LogP) is 2.86. The second-order valence-electron chi connectivity index (χ2n) is 5.91. The van der Waals surface area contributed by atoms with Crippen LogP contribution in [0.5, 0.6) is 0 Å². The van der Waals surface area contributed by atoms with E-state index in [1.54, 1.807) is 6.07 Å². The SMILES string of the molecule is CC(C)(C)c1nnsc1C(Cc1ccc(F)c(F)c1)NN. The van der Waals surface area contributed by atoms with Crippen molar-refractivity contribution in [1.29, 1.82) is 0 Å². The van der Waals surface area contributed by atoms with Crippen LogP contribution in [0.25, 0.3) is 0 Å². The molecule has 0 aliphatic carbocycles. The summed E-state index contributed by atoms with van der Waals surface area (Å²) in [4.78, 5) is 0.912. The van der Waals surface area contributed by atoms with E-state index in [9.17, 15) is 8.78 Å². The average molecular weight is 312 g/mol. The maximum atomic E-state index is 13.3. The summed E-state index contributed by atoms with van der Waals surface area (Å²) < 4.78 is 30.3. The van der Waals surface area contributed by atoms with Crippen LogP contribution in [0.15, 0.2) is 18.2 Å². The molecular weight excluding hydrogens is 294 g/mol. The molecule has 1 aromatic carbocycles. The molecule has 2 aromatic rings. The molecule has 1 aromatic heterocycles. The van der Waals surface area contributed by atoms with Crippen molar-refractivity contribution < 1.29 is 8.78 Å². The Morgan fingerprint density at radius 1 is 1.29 bits per heavy atom. The van der Waals surface area contributed by atoms with Crippen molar-refractivity contribution in [1.82, 2.24) is 15.0 Å². The van der Waals surface area contributed by atoms with Gasteiger partial charge in [0.25, 0.3) is 0 Å². The number of hydrogen-bond acceptors (Lipinski definition) is 5. The van der Waals surface area contributed by atoms with Crippen molar-refractivity contribution in [3.63, 3.8) is 0 Å². The first-order valence-electron chi connectivity index (χ1n) is 6.55. The topological polar surface area (TPSA) is 63.8 Å². The molecule has 2 rings (SSSR count). The van der Waals surface area contributed by atoms with Crippen LogP contribution < -0.4 is 11.3 Å². The number of nitrogens with two attached hydrogens (primary N) is 1. The van der Waals surface area contributed by atoms with E-state index in [-0.39, 0.29) is 11.5 Å². The smallest absolute Gasteiger partial charge is 0.159 e. The lowest BCUT2D eigenvalue weighted by molar-refractivity contribution is 0.498. The lowest BCUT2D eigenvalue weighted by atomic mass is 9.89. The molecule has 0 bridgehead atoms. The highest BCUT2D eigenvalue weighted by Gasteiger charge is 2.27. The Morgan fingerprint density at radius 3 is 2.57 bits per heavy atom. The summed E-state index contributed by atoms with van der Waals surface area (Å²) in [5, 5.41) is 4.17. The van der Waals surface area contributed by atoms with E-state index < -0.39 is 11.6 Å². The van der Waals surface area contributed by atoms with Crippen LogP contribution in [0.4, 0.5) is 8.78 Å². The first-order valence-corrected chi connectivity index (χ1v) is 7.33. The highest BCUT2D eigenvalue weighted by Crippen LogP contribution is 2.31. The van der Waals surface area contributed by atoms with E-state index in [1.807, 2.05) is 20.8 Å². The zero-order valence-corrected chi connectivity index (χ0v) is 13.0. The fourth-order valence-corrected chi connectivity index (χ4v) is 3.00. The summed E-state index contributed by atoms with van der Waals surface area (Å²) in [5.74, 6) is 3.91. The van der Waals surface area contributed by atoms with Gasteiger partial charge in [0.05, 0.1) is 16.6 Å². The third-order valence-corrected chi connectivity index (χ3v) is 4.00. The van der Waals surface area contributed by atoms with Gasteiger partial charge in [-0.05, 0) is 35.6 Å². The fourth-order valence-electron chi connectivity index (χ4n) is 2.08. The molecule has 0 aliphatic rings. The normalized spacial score (nSPS) is 13.4. The van der Waals surface area contributed by atoms with Crippen LogP contribution in [-0.2, 0) is 11.8 Å². The largest absolute Gasteiger partial charge is 0.271 e. The molecule has 3 N–H and O–H groups in total. The molecule has 0 saturated carbocycles. The standard InChI is InChI=1S/C14H18F2N4S/c1-14(2,3)13-12(21-20-19-13)11(18-17)7-8-4-5-9(15)10(16)6-8/h4-6,11,18H,7,17H2,1-3H3. The van der Waals surface area contributed by atoms with Crippen molar-refractivity contribution in [2.75, 3.05) is 0 Å². The maximum Gasteiger partial charge on any atom is 0.159 e. The van der Waals surface area contributed by atoms with Gasteiger partial charge in [0, 0.05) is 5.41 Å². The van der Waals surface area contributed by atoms with E-state index in [1.165, 1.54) is 17.6 Å². The molecule has 0 saturated heterocycles. The Hall–Kier alpha value is -1.44. The second-order valence-corrected chi connectivity index (χ2v) is 6.69. The van der Waals surface area contributed by atoms with Gasteiger partial charge in [-0.3, -0.25) is 11.3 Å². The molecule has 0 spiro atoms. The Labute approximate surface area is 126 Å². The van der Waals surface area contributed by atoms with E-state index in [0.717, 1.165) is 16.6 Å². The fraction of sp³-hybridized carbons (Fsp3) is 0.429. The van der Waals surface area contributed by atoms with Crippen LogP contribution in [0.3, 0.4) is 0 Å². The van der Waals surface area contributed by atoms with Gasteiger partial charge in [-0.2, -0.15) is 0 Å². The van der Waals surface area contributed by atoms with E-state index >= 15 is 0 Å². The van der Waals surface area contributed by atoms with Crippen molar-refractivity contribution >= 4 is 11.5 Å². The van der Waals surface area contributed by atoms with Crippen LogP contribution in [0.2, 0.25) is 0 Å². The Balaban J connectivity index is 2.28. The summed E-state index contributed by atoms with van der Waals surface area (Å²) in [6, 6.07) is 3.61. The van der Waals surface area contributed by atoms with Crippen molar-refractivity contribution in [3.8, 4) is 0 Å². The molecule has 4 nitrogen and oxygen atoms in total. The second kappa shape index (κ2) is 6.13. The van der Waals surface area contributed by atoms with Crippen LogP contribution in [0.1, 0.15) is 42.9 Å². The number of halogens is 2. The summed E-state index contributed by atoms with van der Waals surface area (Å²) in [5.41, 5.74) is 4.07. The van der Waals surface area contributed by atoms with Crippen molar-refractivity contribution in [2.45, 2.75) is 38.6 Å². The number of hydrogen-bond donors (Lipinski definition) is 2. The summed E-state index contributed by atoms with van der Waals surface area (Å²) in [6.07, 6.45) is 0.431. The molecule has 0 radical (unpaired) electrons. The first kappa shape index (κ1) is 15.9. The molecule has 0 fully saturated rings. The molecule has 0 aliphatic heterocycles. The van der Waals surface area contributed by atoms with Gasteiger partial charge in [0.2, 0.25) is 0 Å². The number of hydrazine groups is 1. The van der Waals surface area contributed by atoms with Crippen molar-refractivity contribution in [3.05, 3.63) is 46.0 Å². The molecule has 21 heavy (non-hydrogen) atoms. The van der Waals surface area contributed by atoms with Gasteiger partial charge < -0.3 is 0 Å². The van der Waals surface area contributed by atoms with Gasteiger partial charge in [0.1, 0.15) is 0 Å². The molecule has 0 amide bonds. The third kappa shape index (κ3) is 3.61. The predicted molar refractivity (Wildman–Crippen MR) is 78.7 cm³/mol. The monoisotopic (exact) mass is 312 g/mol. The zero-order valence-electron chi connectivity index (χ0n) is 12.2. The lowest BCUT2D eigenvalue weighted by Gasteiger charge is -2.21. The first-order chi connectivity index (χ1) is 9.82. The van der Waals surface area contributed by atoms with Gasteiger partial charge in [-0.1, -0.05) is 31.3 Å². The van der Waals surface area contributed by atoms with Crippen LogP contribution in [0, 0.1) is 11.6 Å². The zero-order chi connectivity index (χ0) is 15.6. The number of nitrogens with zero attached hydrogens (tertiary/aromatic N) is 2. The molecule has 1 unspecified atom stereocenters. The van der Waals surface area contributed by atoms with Crippen LogP contribution >= 0.6 is 11.5 Å². The number of nitrogens with one attached hydrogen (secondary N) is 1. The summed E-state index contributed by atoms with van der Waals surface area (Å²) in [6.45, 7) is 6.12. The Bertz CT molecular complexity index is 622. The number of rotatable bonds is 4. The van der Waals surface area contributed by atoms with E-state index in [0.29, 0.717) is 12.0 Å². The summed E-state index contributed by atoms with van der Waals surface area (Å²) >= 11 is 1.26. The Morgan fingerprint density at radius 2 is 2.00 bits per heavy atom. The maximum absolute atomic E-state index is 13.3. The summed E-state index contributed by atoms with van der Waals surface area (Å²) in [7, 11) is 0. The molecular formula is C14H18F2N4S. The minimum absolute atomic E-state index is 0.161. The lowest BCUT2D eigenvalue weighted by Crippen LogP contribution is -2.31. The van der Waals surface area contributed by atoms with E-state index in [4.69, 9.17) is 5.84 Å². The van der Waals surface area contributed by atoms with Crippen molar-refractivity contribution in [2.24, 2.45) is 5.84 Å².